The van der Waals surface area contributed by atoms with E-state index < -0.39 is 0 Å². The fraction of sp³-hybridized carbons (Fsp3) is 0.500. The number of phenols is 1. The minimum absolute atomic E-state index is 0.0293. The molecule has 0 aromatic heterocycles. The third-order valence-electron chi connectivity index (χ3n) is 7.37. The van der Waals surface area contributed by atoms with E-state index in [0.29, 0.717) is 41.7 Å². The summed E-state index contributed by atoms with van der Waals surface area (Å²) in [5.41, 5.74) is 1.83. The molecule has 158 valence electrons. The molecule has 1 fully saturated rings. The number of carbonyl (C=O) groups excluding carboxylic acids is 1. The van der Waals surface area contributed by atoms with E-state index in [4.69, 9.17) is 9.47 Å². The van der Waals surface area contributed by atoms with Gasteiger partial charge >= 0.3 is 0 Å². The first-order valence-electron chi connectivity index (χ1n) is 11.1. The van der Waals surface area contributed by atoms with Gasteiger partial charge in [0.1, 0.15) is 34.0 Å². The van der Waals surface area contributed by atoms with E-state index in [1.54, 1.807) is 6.07 Å². The molecule has 2 aliphatic heterocycles. The summed E-state index contributed by atoms with van der Waals surface area (Å²) in [4.78, 5) is 13.3. The Bertz CT molecular complexity index is 994. The fourth-order valence-corrected chi connectivity index (χ4v) is 5.91. The first-order chi connectivity index (χ1) is 14.3. The molecule has 4 nitrogen and oxygen atoms in total. The van der Waals surface area contributed by atoms with Gasteiger partial charge < -0.3 is 14.6 Å². The van der Waals surface area contributed by atoms with Gasteiger partial charge in [0.2, 0.25) is 0 Å². The number of aromatic hydroxyl groups is 1. The summed E-state index contributed by atoms with van der Waals surface area (Å²) in [6.07, 6.45) is 5.10. The van der Waals surface area contributed by atoms with Gasteiger partial charge in [-0.3, -0.25) is 4.79 Å². The monoisotopic (exact) mass is 406 g/mol. The van der Waals surface area contributed by atoms with E-state index in [2.05, 4.69) is 20.8 Å². The molecule has 1 saturated carbocycles. The Kier molecular flexibility index (Phi) is 4.39. The number of rotatable bonds is 4. The van der Waals surface area contributed by atoms with E-state index in [-0.39, 0.29) is 22.7 Å². The molecule has 1 N–H and O–H groups in total. The van der Waals surface area contributed by atoms with E-state index in [0.717, 1.165) is 36.8 Å². The van der Waals surface area contributed by atoms with Gasteiger partial charge in [0.25, 0.3) is 0 Å². The van der Waals surface area contributed by atoms with Gasteiger partial charge in [0.05, 0.1) is 0 Å². The van der Waals surface area contributed by atoms with Gasteiger partial charge in [0, 0.05) is 29.9 Å². The van der Waals surface area contributed by atoms with Crippen molar-refractivity contribution in [1.82, 2.24) is 0 Å². The second-order valence-electron chi connectivity index (χ2n) is 9.99. The molecule has 2 heterocycles. The number of ether oxygens (including phenoxy) is 2. The fourth-order valence-electron chi connectivity index (χ4n) is 5.91. The summed E-state index contributed by atoms with van der Waals surface area (Å²) in [7, 11) is 0. The molecule has 0 spiro atoms. The van der Waals surface area contributed by atoms with Crippen molar-refractivity contribution in [2.45, 2.75) is 76.4 Å². The average Bonchev–Trinajstić information content (AvgIpc) is 2.83. The van der Waals surface area contributed by atoms with Crippen molar-refractivity contribution in [2.75, 3.05) is 0 Å². The Morgan fingerprint density at radius 2 is 1.93 bits per heavy atom. The number of ketones is 1. The second-order valence-corrected chi connectivity index (χ2v) is 9.99. The van der Waals surface area contributed by atoms with Crippen LogP contribution in [0.15, 0.2) is 36.4 Å². The van der Waals surface area contributed by atoms with Crippen LogP contribution in [0.1, 0.15) is 80.3 Å². The summed E-state index contributed by atoms with van der Waals surface area (Å²) >= 11 is 0. The summed E-state index contributed by atoms with van der Waals surface area (Å²) in [5, 5.41) is 10.9. The van der Waals surface area contributed by atoms with Crippen LogP contribution in [-0.4, -0.2) is 22.1 Å². The van der Waals surface area contributed by atoms with Crippen LogP contribution >= 0.6 is 0 Å². The maximum Gasteiger partial charge on any atom is 0.170 e. The van der Waals surface area contributed by atoms with Crippen molar-refractivity contribution in [3.05, 3.63) is 53.1 Å². The molecule has 5 rings (SSSR count). The van der Waals surface area contributed by atoms with Crippen molar-refractivity contribution < 1.29 is 19.4 Å². The first-order valence-corrected chi connectivity index (χ1v) is 11.1. The number of fused-ring (bicyclic) bond motifs is 1. The SMILES string of the molecule is CC1(C)Oc2c(C(=O)CCc3ccccc3)c(O)cc3c2C2C[C@@](C)(CCC[C@@H]21)O3. The minimum Gasteiger partial charge on any atom is -0.507 e. The Labute approximate surface area is 178 Å². The van der Waals surface area contributed by atoms with Gasteiger partial charge in [-0.25, -0.2) is 0 Å². The number of phenolic OH excluding ortho intramolecular Hbond substituents is 1. The highest BCUT2D eigenvalue weighted by Gasteiger charge is 2.53. The quantitative estimate of drug-likeness (QED) is 0.652. The van der Waals surface area contributed by atoms with E-state index in [9.17, 15) is 9.90 Å². The van der Waals surface area contributed by atoms with Crippen LogP contribution in [-0.2, 0) is 6.42 Å². The molecule has 2 aromatic rings. The van der Waals surface area contributed by atoms with Crippen molar-refractivity contribution in [3.63, 3.8) is 0 Å². The largest absolute Gasteiger partial charge is 0.507 e. The third kappa shape index (κ3) is 3.08. The van der Waals surface area contributed by atoms with Crippen LogP contribution in [0, 0.1) is 5.92 Å². The zero-order valence-corrected chi connectivity index (χ0v) is 18.0. The van der Waals surface area contributed by atoms with Crippen LogP contribution in [0.2, 0.25) is 0 Å². The van der Waals surface area contributed by atoms with Crippen LogP contribution in [0.4, 0.5) is 0 Å². The number of carbonyl (C=O) groups is 1. The van der Waals surface area contributed by atoms with Gasteiger partial charge in [-0.1, -0.05) is 30.3 Å². The van der Waals surface area contributed by atoms with Crippen LogP contribution < -0.4 is 9.47 Å². The van der Waals surface area contributed by atoms with Gasteiger partial charge in [0.15, 0.2) is 5.78 Å². The molecule has 0 radical (unpaired) electrons. The smallest absolute Gasteiger partial charge is 0.170 e. The van der Waals surface area contributed by atoms with Crippen molar-refractivity contribution in [2.24, 2.45) is 5.92 Å². The number of benzene rings is 2. The maximum atomic E-state index is 13.3. The van der Waals surface area contributed by atoms with Crippen molar-refractivity contribution in [1.29, 1.82) is 0 Å². The van der Waals surface area contributed by atoms with Gasteiger partial charge in [-0.2, -0.15) is 0 Å². The molecular weight excluding hydrogens is 376 g/mol. The van der Waals surface area contributed by atoms with Crippen molar-refractivity contribution in [3.8, 4) is 17.2 Å². The average molecular weight is 407 g/mol. The lowest BCUT2D eigenvalue weighted by Crippen LogP contribution is -2.48. The van der Waals surface area contributed by atoms with Crippen LogP contribution in [0.3, 0.4) is 0 Å². The van der Waals surface area contributed by atoms with E-state index >= 15 is 0 Å². The van der Waals surface area contributed by atoms with Crippen LogP contribution in [0.25, 0.3) is 0 Å². The topological polar surface area (TPSA) is 55.8 Å². The molecule has 30 heavy (non-hydrogen) atoms. The Morgan fingerprint density at radius 3 is 2.70 bits per heavy atom. The number of hydrogen-bond acceptors (Lipinski definition) is 4. The highest BCUT2D eigenvalue weighted by atomic mass is 16.5. The second kappa shape index (κ2) is 6.76. The highest BCUT2D eigenvalue weighted by molar-refractivity contribution is 6.02. The van der Waals surface area contributed by atoms with Gasteiger partial charge in [-0.05, 0) is 58.4 Å². The number of aryl methyl sites for hydroxylation is 1. The lowest BCUT2D eigenvalue weighted by atomic mass is 9.68. The normalized spacial score (nSPS) is 28.1. The van der Waals surface area contributed by atoms with Crippen molar-refractivity contribution >= 4 is 5.78 Å². The predicted octanol–water partition coefficient (Wildman–Crippen LogP) is 5.80. The predicted molar refractivity (Wildman–Crippen MR) is 116 cm³/mol. The lowest BCUT2D eigenvalue weighted by Gasteiger charge is -2.49. The lowest BCUT2D eigenvalue weighted by molar-refractivity contribution is -0.0196. The zero-order valence-electron chi connectivity index (χ0n) is 18.0. The Hall–Kier alpha value is -2.49. The summed E-state index contributed by atoms with van der Waals surface area (Å²) in [6.45, 7) is 6.43. The molecule has 3 atom stereocenters. The molecule has 2 bridgehead atoms. The summed E-state index contributed by atoms with van der Waals surface area (Å²) in [5.74, 6) is 1.82. The van der Waals surface area contributed by atoms with Crippen LogP contribution in [0.5, 0.6) is 17.2 Å². The molecular formula is C26H30O4. The van der Waals surface area contributed by atoms with E-state index in [1.165, 1.54) is 0 Å². The maximum absolute atomic E-state index is 13.3. The van der Waals surface area contributed by atoms with Gasteiger partial charge in [-0.15, -0.1) is 0 Å². The molecule has 1 aliphatic carbocycles. The number of Topliss-reactive ketones (excluding diaryl/α,β-unsaturated/α-hetero) is 1. The highest BCUT2D eigenvalue weighted by Crippen LogP contribution is 2.60. The molecule has 4 heteroatoms. The summed E-state index contributed by atoms with van der Waals surface area (Å²) < 4.78 is 12.9. The zero-order chi connectivity index (χ0) is 21.1. The molecule has 2 aromatic carbocycles. The third-order valence-corrected chi connectivity index (χ3v) is 7.37. The first kappa shape index (κ1) is 19.5. The Morgan fingerprint density at radius 1 is 1.17 bits per heavy atom. The minimum atomic E-state index is -0.389. The Balaban J connectivity index is 1.57. The number of hydrogen-bond donors (Lipinski definition) is 1. The summed E-state index contributed by atoms with van der Waals surface area (Å²) in [6, 6.07) is 11.6. The van der Waals surface area contributed by atoms with E-state index in [1.807, 2.05) is 30.3 Å². The molecule has 0 amide bonds. The molecule has 3 aliphatic rings. The molecule has 0 saturated heterocycles. The standard InChI is InChI=1S/C26H30O4/c1-25(2)18-10-7-13-26(3)15-17(18)22-21(29-26)14-20(28)23(24(22)30-25)19(27)12-11-16-8-5-4-6-9-16/h4-6,8-9,14,17-18,28H,7,10-13,15H2,1-3H3/t17?,18-,26+/m0/s1. The molecule has 1 unspecified atom stereocenters.